The van der Waals surface area contributed by atoms with Gasteiger partial charge >= 0.3 is 0 Å². The lowest BCUT2D eigenvalue weighted by molar-refractivity contribution is -0.126. The van der Waals surface area contributed by atoms with E-state index in [2.05, 4.69) is 10.2 Å². The van der Waals surface area contributed by atoms with Crippen molar-refractivity contribution in [2.75, 3.05) is 32.7 Å². The minimum absolute atomic E-state index is 0.194. The zero-order valence-electron chi connectivity index (χ0n) is 9.95. The van der Waals surface area contributed by atoms with Crippen molar-refractivity contribution in [3.05, 3.63) is 0 Å². The van der Waals surface area contributed by atoms with Crippen LogP contribution in [0, 0.1) is 11.8 Å². The van der Waals surface area contributed by atoms with E-state index in [4.69, 9.17) is 5.73 Å². The second-order valence-corrected chi connectivity index (χ2v) is 5.12. The Morgan fingerprint density at radius 2 is 2.19 bits per heavy atom. The Kier molecular flexibility index (Phi) is 4.18. The molecule has 0 bridgehead atoms. The van der Waals surface area contributed by atoms with Gasteiger partial charge in [0.05, 0.1) is 5.92 Å². The summed E-state index contributed by atoms with van der Waals surface area (Å²) in [6.45, 7) is 4.48. The van der Waals surface area contributed by atoms with Gasteiger partial charge in [0.15, 0.2) is 0 Å². The molecule has 1 heterocycles. The maximum atomic E-state index is 11.8. The summed E-state index contributed by atoms with van der Waals surface area (Å²) in [7, 11) is 0. The Bertz CT molecular complexity index is 240. The van der Waals surface area contributed by atoms with E-state index in [1.807, 2.05) is 0 Å². The van der Waals surface area contributed by atoms with Crippen LogP contribution in [-0.2, 0) is 4.79 Å². The first-order valence-electron chi connectivity index (χ1n) is 6.49. The summed E-state index contributed by atoms with van der Waals surface area (Å²) in [5, 5.41) is 2.90. The molecular formula is C12H23N3O. The molecule has 0 aromatic rings. The topological polar surface area (TPSA) is 58.4 Å². The molecule has 1 amide bonds. The smallest absolute Gasteiger partial charge is 0.224 e. The molecule has 1 saturated carbocycles. The van der Waals surface area contributed by atoms with Crippen LogP contribution in [0.15, 0.2) is 0 Å². The Balaban J connectivity index is 1.73. The third-order valence-electron chi connectivity index (χ3n) is 3.53. The van der Waals surface area contributed by atoms with Gasteiger partial charge in [0.25, 0.3) is 0 Å². The number of carbonyl (C=O) groups excluding carboxylic acids is 1. The number of piperidine rings is 1. The van der Waals surface area contributed by atoms with Crippen LogP contribution in [0.2, 0.25) is 0 Å². The lowest BCUT2D eigenvalue weighted by Crippen LogP contribution is -2.44. The average Bonchev–Trinajstić information content (AvgIpc) is 3.10. The molecule has 3 N–H and O–H groups in total. The molecule has 2 aliphatic rings. The fourth-order valence-corrected chi connectivity index (χ4v) is 2.44. The quantitative estimate of drug-likeness (QED) is 0.702. The van der Waals surface area contributed by atoms with Crippen molar-refractivity contribution >= 4 is 5.91 Å². The number of rotatable bonds is 5. The van der Waals surface area contributed by atoms with Gasteiger partial charge < -0.3 is 16.0 Å². The van der Waals surface area contributed by atoms with E-state index < -0.39 is 0 Å². The molecule has 2 rings (SSSR count). The summed E-state index contributed by atoms with van der Waals surface area (Å²) in [4.78, 5) is 14.3. The first-order valence-corrected chi connectivity index (χ1v) is 6.49. The molecule has 1 aliphatic heterocycles. The molecule has 1 atom stereocenters. The number of amides is 1. The van der Waals surface area contributed by atoms with Crippen LogP contribution >= 0.6 is 0 Å². The third-order valence-corrected chi connectivity index (χ3v) is 3.53. The van der Waals surface area contributed by atoms with Gasteiger partial charge in [-0.2, -0.15) is 0 Å². The normalized spacial score (nSPS) is 26.7. The molecule has 1 saturated heterocycles. The highest BCUT2D eigenvalue weighted by molar-refractivity contribution is 5.78. The minimum Gasteiger partial charge on any atom is -0.355 e. The molecule has 1 aliphatic carbocycles. The van der Waals surface area contributed by atoms with Gasteiger partial charge in [0, 0.05) is 26.2 Å². The van der Waals surface area contributed by atoms with Crippen molar-refractivity contribution in [2.24, 2.45) is 17.6 Å². The Hall–Kier alpha value is -0.610. The van der Waals surface area contributed by atoms with E-state index in [-0.39, 0.29) is 11.8 Å². The number of nitrogens with two attached hydrogens (primary N) is 1. The maximum absolute atomic E-state index is 11.8. The highest BCUT2D eigenvalue weighted by atomic mass is 16.1. The second kappa shape index (κ2) is 5.64. The third kappa shape index (κ3) is 3.46. The standard InChI is InChI=1S/C12H23N3O/c13-5-6-14-12(16)11-2-1-7-15(9-11)8-10-3-4-10/h10-11H,1-9,13H2,(H,14,16). The van der Waals surface area contributed by atoms with E-state index in [1.165, 1.54) is 25.9 Å². The lowest BCUT2D eigenvalue weighted by atomic mass is 9.97. The molecule has 4 nitrogen and oxygen atoms in total. The summed E-state index contributed by atoms with van der Waals surface area (Å²) in [6, 6.07) is 0. The fourth-order valence-electron chi connectivity index (χ4n) is 2.44. The van der Waals surface area contributed by atoms with Gasteiger partial charge in [-0.25, -0.2) is 0 Å². The predicted molar refractivity (Wildman–Crippen MR) is 64.0 cm³/mol. The van der Waals surface area contributed by atoms with Crippen LogP contribution in [0.4, 0.5) is 0 Å². The van der Waals surface area contributed by atoms with Crippen LogP contribution in [0.25, 0.3) is 0 Å². The van der Waals surface area contributed by atoms with Gasteiger partial charge in [0.1, 0.15) is 0 Å². The molecule has 1 unspecified atom stereocenters. The van der Waals surface area contributed by atoms with E-state index in [1.54, 1.807) is 0 Å². The highest BCUT2D eigenvalue weighted by Gasteiger charge is 2.29. The molecule has 0 aromatic carbocycles. The van der Waals surface area contributed by atoms with Crippen LogP contribution in [0.3, 0.4) is 0 Å². The molecule has 0 radical (unpaired) electrons. The maximum Gasteiger partial charge on any atom is 0.224 e. The summed E-state index contributed by atoms with van der Waals surface area (Å²) < 4.78 is 0. The molecule has 0 aromatic heterocycles. The molecule has 16 heavy (non-hydrogen) atoms. The molecule has 4 heteroatoms. The highest BCUT2D eigenvalue weighted by Crippen LogP contribution is 2.31. The number of carbonyl (C=O) groups is 1. The van der Waals surface area contributed by atoms with Gasteiger partial charge in [0.2, 0.25) is 5.91 Å². The van der Waals surface area contributed by atoms with E-state index in [0.29, 0.717) is 13.1 Å². The van der Waals surface area contributed by atoms with Crippen molar-refractivity contribution in [3.63, 3.8) is 0 Å². The Morgan fingerprint density at radius 3 is 2.88 bits per heavy atom. The van der Waals surface area contributed by atoms with Gasteiger partial charge in [-0.3, -0.25) is 4.79 Å². The van der Waals surface area contributed by atoms with Crippen molar-refractivity contribution in [1.29, 1.82) is 0 Å². The van der Waals surface area contributed by atoms with Crippen LogP contribution < -0.4 is 11.1 Å². The monoisotopic (exact) mass is 225 g/mol. The van der Waals surface area contributed by atoms with Crippen molar-refractivity contribution in [1.82, 2.24) is 10.2 Å². The van der Waals surface area contributed by atoms with E-state index in [0.717, 1.165) is 25.3 Å². The Morgan fingerprint density at radius 1 is 1.38 bits per heavy atom. The van der Waals surface area contributed by atoms with E-state index in [9.17, 15) is 4.79 Å². The number of likely N-dealkylation sites (tertiary alicyclic amines) is 1. The Labute approximate surface area is 97.6 Å². The zero-order chi connectivity index (χ0) is 11.4. The largest absolute Gasteiger partial charge is 0.355 e. The van der Waals surface area contributed by atoms with Crippen molar-refractivity contribution < 1.29 is 4.79 Å². The first-order chi connectivity index (χ1) is 7.79. The summed E-state index contributed by atoms with van der Waals surface area (Å²) in [5.74, 6) is 1.32. The molecule has 92 valence electrons. The number of hydrogen-bond donors (Lipinski definition) is 2. The predicted octanol–water partition coefficient (Wildman–Crippen LogP) is 0.183. The fraction of sp³-hybridized carbons (Fsp3) is 0.917. The summed E-state index contributed by atoms with van der Waals surface area (Å²) in [6.07, 6.45) is 4.98. The SMILES string of the molecule is NCCNC(=O)C1CCCN(CC2CC2)C1. The number of nitrogens with zero attached hydrogens (tertiary/aromatic N) is 1. The second-order valence-electron chi connectivity index (χ2n) is 5.12. The number of nitrogens with one attached hydrogen (secondary N) is 1. The van der Waals surface area contributed by atoms with Gasteiger partial charge in [-0.05, 0) is 38.1 Å². The number of hydrogen-bond acceptors (Lipinski definition) is 3. The summed E-state index contributed by atoms with van der Waals surface area (Å²) in [5.41, 5.74) is 5.38. The molecular weight excluding hydrogens is 202 g/mol. The average molecular weight is 225 g/mol. The van der Waals surface area contributed by atoms with Crippen molar-refractivity contribution in [2.45, 2.75) is 25.7 Å². The van der Waals surface area contributed by atoms with Gasteiger partial charge in [-0.15, -0.1) is 0 Å². The van der Waals surface area contributed by atoms with Crippen molar-refractivity contribution in [3.8, 4) is 0 Å². The lowest BCUT2D eigenvalue weighted by Gasteiger charge is -2.31. The van der Waals surface area contributed by atoms with Crippen LogP contribution in [0.1, 0.15) is 25.7 Å². The molecule has 0 spiro atoms. The summed E-state index contributed by atoms with van der Waals surface area (Å²) >= 11 is 0. The molecule has 2 fully saturated rings. The van der Waals surface area contributed by atoms with Gasteiger partial charge in [-0.1, -0.05) is 0 Å². The first kappa shape index (κ1) is 11.9. The van der Waals surface area contributed by atoms with E-state index >= 15 is 0 Å². The zero-order valence-corrected chi connectivity index (χ0v) is 9.95. The van der Waals surface area contributed by atoms with Crippen LogP contribution in [0.5, 0.6) is 0 Å². The van der Waals surface area contributed by atoms with Crippen LogP contribution in [-0.4, -0.2) is 43.5 Å². The minimum atomic E-state index is 0.194.